The summed E-state index contributed by atoms with van der Waals surface area (Å²) in [6, 6.07) is 21.1. The Bertz CT molecular complexity index is 1570. The highest BCUT2D eigenvalue weighted by atomic mass is 19.4. The maximum Gasteiger partial charge on any atom is 0.573 e. The third-order valence-corrected chi connectivity index (χ3v) is 5.09. The topological polar surface area (TPSA) is 123 Å². The Morgan fingerprint density at radius 2 is 1.62 bits per heavy atom. The first-order valence-corrected chi connectivity index (χ1v) is 11.3. The molecule has 0 radical (unpaired) electrons. The molecule has 0 saturated carbocycles. The number of halogens is 3. The second-order valence-electron chi connectivity index (χ2n) is 7.82. The van der Waals surface area contributed by atoms with Crippen LogP contribution >= 0.6 is 0 Å². The third-order valence-electron chi connectivity index (χ3n) is 5.09. The Morgan fingerprint density at radius 3 is 2.33 bits per heavy atom. The molecule has 0 aliphatic rings. The van der Waals surface area contributed by atoms with Crippen LogP contribution in [0.2, 0.25) is 0 Å². The zero-order valence-corrected chi connectivity index (χ0v) is 20.1. The van der Waals surface area contributed by atoms with Gasteiger partial charge in [0.05, 0.1) is 5.56 Å². The zero-order chi connectivity index (χ0) is 27.2. The molecule has 0 saturated heterocycles. The number of nitrogens with zero attached hydrogens (tertiary/aromatic N) is 7. The van der Waals surface area contributed by atoms with Crippen molar-refractivity contribution < 1.29 is 31.9 Å². The number of aryl methyl sites for hydroxylation is 1. The lowest BCUT2D eigenvalue weighted by atomic mass is 10.1. The summed E-state index contributed by atoms with van der Waals surface area (Å²) >= 11 is 0. The normalized spacial score (nSPS) is 11.8. The predicted octanol–water partition coefficient (Wildman–Crippen LogP) is 4.92. The number of hydrogen-bond acceptors (Lipinski definition) is 10. The van der Waals surface area contributed by atoms with Crippen LogP contribution in [0.4, 0.5) is 13.2 Å². The van der Waals surface area contributed by atoms with Gasteiger partial charge in [-0.05, 0) is 46.8 Å². The number of ether oxygens (including phenoxy) is 2. The van der Waals surface area contributed by atoms with Gasteiger partial charge in [0, 0.05) is 12.6 Å². The van der Waals surface area contributed by atoms with E-state index in [1.807, 2.05) is 30.3 Å². The van der Waals surface area contributed by atoms with Crippen molar-refractivity contribution in [1.82, 2.24) is 30.4 Å². The van der Waals surface area contributed by atoms with Crippen LogP contribution in [-0.2, 0) is 18.5 Å². The van der Waals surface area contributed by atoms with Gasteiger partial charge in [-0.25, -0.2) is 4.68 Å². The van der Waals surface area contributed by atoms with E-state index in [1.165, 1.54) is 16.8 Å². The number of hydrogen-bond donors (Lipinski definition) is 0. The number of oxime groups is 1. The predicted molar refractivity (Wildman–Crippen MR) is 129 cm³/mol. The van der Waals surface area contributed by atoms with Crippen LogP contribution in [0, 0.1) is 0 Å². The molecule has 2 aromatic heterocycles. The van der Waals surface area contributed by atoms with Crippen LogP contribution in [0.5, 0.6) is 17.2 Å². The summed E-state index contributed by atoms with van der Waals surface area (Å²) in [5, 5.41) is 23.7. The highest BCUT2D eigenvalue weighted by Crippen LogP contribution is 2.33. The monoisotopic (exact) mass is 537 g/mol. The lowest BCUT2D eigenvalue weighted by Gasteiger charge is -2.11. The summed E-state index contributed by atoms with van der Waals surface area (Å²) in [5.41, 5.74) is 1.62. The van der Waals surface area contributed by atoms with Gasteiger partial charge in [0.2, 0.25) is 5.82 Å². The summed E-state index contributed by atoms with van der Waals surface area (Å²) < 4.78 is 54.1. The average Bonchev–Trinajstić information content (AvgIpc) is 3.57. The van der Waals surface area contributed by atoms with Crippen molar-refractivity contribution in [2.45, 2.75) is 13.0 Å². The van der Waals surface area contributed by atoms with Gasteiger partial charge in [0.15, 0.2) is 12.3 Å². The van der Waals surface area contributed by atoms with Crippen molar-refractivity contribution in [2.75, 3.05) is 0 Å². The largest absolute Gasteiger partial charge is 0.573 e. The fourth-order valence-corrected chi connectivity index (χ4v) is 3.39. The van der Waals surface area contributed by atoms with E-state index in [4.69, 9.17) is 14.0 Å². The molecule has 0 aliphatic heterocycles. The van der Waals surface area contributed by atoms with Crippen LogP contribution < -0.4 is 9.47 Å². The van der Waals surface area contributed by atoms with E-state index in [2.05, 4.69) is 35.6 Å². The first kappa shape index (κ1) is 25.4. The minimum absolute atomic E-state index is 0.140. The molecule has 0 aliphatic carbocycles. The molecule has 2 heterocycles. The molecule has 0 spiro atoms. The van der Waals surface area contributed by atoms with Crippen LogP contribution in [0.25, 0.3) is 11.5 Å². The number of para-hydroxylation sites is 1. The van der Waals surface area contributed by atoms with Gasteiger partial charge in [0.25, 0.3) is 11.8 Å². The molecule has 0 atom stereocenters. The van der Waals surface area contributed by atoms with Gasteiger partial charge in [0.1, 0.15) is 17.2 Å². The Hall–Kier alpha value is -5.27. The van der Waals surface area contributed by atoms with E-state index in [9.17, 15) is 13.2 Å². The third kappa shape index (κ3) is 6.36. The van der Waals surface area contributed by atoms with Crippen LogP contribution in [0.15, 0.2) is 88.4 Å². The van der Waals surface area contributed by atoms with E-state index in [0.29, 0.717) is 22.8 Å². The lowest BCUT2D eigenvalue weighted by molar-refractivity contribution is -0.274. The van der Waals surface area contributed by atoms with E-state index < -0.39 is 6.36 Å². The van der Waals surface area contributed by atoms with E-state index in [1.54, 1.807) is 31.3 Å². The van der Waals surface area contributed by atoms with Crippen LogP contribution in [-0.4, -0.2) is 42.5 Å². The van der Waals surface area contributed by atoms with Gasteiger partial charge in [-0.2, -0.15) is 0 Å². The summed E-state index contributed by atoms with van der Waals surface area (Å²) in [6.07, 6.45) is -4.78. The highest BCUT2D eigenvalue weighted by Gasteiger charge is 2.31. The maximum atomic E-state index is 12.4. The minimum Gasteiger partial charge on any atom is -0.457 e. The van der Waals surface area contributed by atoms with Gasteiger partial charge < -0.3 is 18.7 Å². The molecule has 0 N–H and O–H groups in total. The fraction of sp³-hybridized carbons (Fsp3) is 0.120. The second kappa shape index (κ2) is 11.0. The first-order chi connectivity index (χ1) is 18.9. The average molecular weight is 537 g/mol. The molecule has 0 unspecified atom stereocenters. The van der Waals surface area contributed by atoms with E-state index in [-0.39, 0.29) is 29.9 Å². The molecule has 14 heteroatoms. The van der Waals surface area contributed by atoms with Crippen LogP contribution in [0.3, 0.4) is 0 Å². The van der Waals surface area contributed by atoms with Crippen molar-refractivity contribution in [3.8, 4) is 28.7 Å². The quantitative estimate of drug-likeness (QED) is 0.190. The first-order valence-electron chi connectivity index (χ1n) is 11.3. The summed E-state index contributed by atoms with van der Waals surface area (Å²) in [4.78, 5) is 5.50. The minimum atomic E-state index is -4.78. The molecule has 39 heavy (non-hydrogen) atoms. The Morgan fingerprint density at radius 1 is 0.897 bits per heavy atom. The number of tetrazole rings is 1. The highest BCUT2D eigenvalue weighted by molar-refractivity contribution is 6.10. The van der Waals surface area contributed by atoms with Crippen molar-refractivity contribution in [2.24, 2.45) is 12.2 Å². The molecule has 5 rings (SSSR count). The van der Waals surface area contributed by atoms with Gasteiger partial charge in [-0.1, -0.05) is 47.6 Å². The number of rotatable bonds is 9. The Balaban J connectivity index is 1.30. The Kier molecular flexibility index (Phi) is 7.16. The van der Waals surface area contributed by atoms with Crippen molar-refractivity contribution in [3.05, 3.63) is 96.1 Å². The number of alkyl halides is 3. The van der Waals surface area contributed by atoms with Crippen molar-refractivity contribution in [3.63, 3.8) is 0 Å². The fourth-order valence-electron chi connectivity index (χ4n) is 3.39. The SMILES string of the molecule is Cn1nnnc1/C(=N\OCc1nnc(-c2ccccc2Oc2ccc(OC(F)(F)F)cc2)o1)c1ccccc1. The molecule has 5 aromatic rings. The molecular formula is C25H18F3N7O4. The van der Waals surface area contributed by atoms with Crippen molar-refractivity contribution >= 4 is 5.71 Å². The molecule has 0 fully saturated rings. The van der Waals surface area contributed by atoms with Gasteiger partial charge >= 0.3 is 6.36 Å². The number of aromatic nitrogens is 6. The summed E-state index contributed by atoms with van der Waals surface area (Å²) in [7, 11) is 1.68. The molecule has 3 aromatic carbocycles. The standard InChI is InChI=1S/C25H18F3N7O4/c1-35-23(30-33-34-35)22(16-7-3-2-4-8-16)32-36-15-21-29-31-24(38-21)19-9-5-6-10-20(19)37-17-11-13-18(14-12-17)39-25(26,27)28/h2-14H,15H2,1H3/b32-22-. The maximum absolute atomic E-state index is 12.4. The van der Waals surface area contributed by atoms with E-state index >= 15 is 0 Å². The summed E-state index contributed by atoms with van der Waals surface area (Å²) in [5.74, 6) is 0.944. The zero-order valence-electron chi connectivity index (χ0n) is 20.1. The van der Waals surface area contributed by atoms with Gasteiger partial charge in [-0.15, -0.1) is 28.5 Å². The van der Waals surface area contributed by atoms with Crippen LogP contribution in [0.1, 0.15) is 17.3 Å². The van der Waals surface area contributed by atoms with Gasteiger partial charge in [-0.3, -0.25) is 0 Å². The summed E-state index contributed by atoms with van der Waals surface area (Å²) in [6.45, 7) is -0.141. The van der Waals surface area contributed by atoms with Crippen molar-refractivity contribution in [1.29, 1.82) is 0 Å². The lowest BCUT2D eigenvalue weighted by Crippen LogP contribution is -2.16. The molecule has 198 valence electrons. The molecular weight excluding hydrogens is 519 g/mol. The molecule has 0 bridgehead atoms. The smallest absolute Gasteiger partial charge is 0.457 e. The molecule has 11 nitrogen and oxygen atoms in total. The number of benzene rings is 3. The molecule has 0 amide bonds. The van der Waals surface area contributed by atoms with E-state index in [0.717, 1.165) is 17.7 Å². The Labute approximate surface area is 218 Å². The second-order valence-corrected chi connectivity index (χ2v) is 7.82.